The highest BCUT2D eigenvalue weighted by Gasteiger charge is 2.38. The van der Waals surface area contributed by atoms with Crippen LogP contribution in [0.4, 0.5) is 0 Å². The smallest absolute Gasteiger partial charge is 0.243 e. The Morgan fingerprint density at radius 3 is 2.21 bits per heavy atom. The summed E-state index contributed by atoms with van der Waals surface area (Å²) in [6.45, 7) is 7.05. The summed E-state index contributed by atoms with van der Waals surface area (Å²) >= 11 is 0. The molecule has 4 nitrogen and oxygen atoms in total. The summed E-state index contributed by atoms with van der Waals surface area (Å²) in [5.74, 6) is 0. The van der Waals surface area contributed by atoms with Crippen LogP contribution < -0.4 is 0 Å². The van der Waals surface area contributed by atoms with Gasteiger partial charge in [0, 0.05) is 13.1 Å². The summed E-state index contributed by atoms with van der Waals surface area (Å²) in [6.07, 6.45) is -0.0361. The van der Waals surface area contributed by atoms with Gasteiger partial charge in [-0.05, 0) is 37.5 Å². The summed E-state index contributed by atoms with van der Waals surface area (Å²) in [5, 5.41) is 0. The number of aryl methyl sites for hydroxylation is 3. The number of sulfonamides is 1. The Labute approximate surface area is 144 Å². The lowest BCUT2D eigenvalue weighted by Crippen LogP contribution is -2.54. The van der Waals surface area contributed by atoms with Crippen LogP contribution in [0.25, 0.3) is 0 Å². The minimum absolute atomic E-state index is 0.0361. The number of nitrogens with zero attached hydrogens (tertiary/aromatic N) is 1. The van der Waals surface area contributed by atoms with Gasteiger partial charge in [-0.15, -0.1) is 0 Å². The van der Waals surface area contributed by atoms with Gasteiger partial charge in [0.15, 0.2) is 0 Å². The van der Waals surface area contributed by atoms with E-state index in [-0.39, 0.29) is 6.10 Å². The third kappa shape index (κ3) is 3.38. The van der Waals surface area contributed by atoms with E-state index in [4.69, 9.17) is 4.74 Å². The maximum absolute atomic E-state index is 12.9. The monoisotopic (exact) mass is 345 g/mol. The van der Waals surface area contributed by atoms with Crippen LogP contribution in [0, 0.1) is 20.8 Å². The maximum atomic E-state index is 12.9. The first-order chi connectivity index (χ1) is 11.4. The van der Waals surface area contributed by atoms with Crippen molar-refractivity contribution in [3.63, 3.8) is 0 Å². The summed E-state index contributed by atoms with van der Waals surface area (Å²) in [7, 11) is -3.44. The second-order valence-electron chi connectivity index (χ2n) is 6.47. The largest absolute Gasteiger partial charge is 0.371 e. The normalized spacial score (nSPS) is 16.1. The Morgan fingerprint density at radius 2 is 1.62 bits per heavy atom. The summed E-state index contributed by atoms with van der Waals surface area (Å²) in [6, 6.07) is 13.8. The minimum Gasteiger partial charge on any atom is -0.371 e. The van der Waals surface area contributed by atoms with E-state index in [1.807, 2.05) is 63.2 Å². The fourth-order valence-corrected chi connectivity index (χ4v) is 5.11. The molecule has 128 valence electrons. The van der Waals surface area contributed by atoms with Crippen molar-refractivity contribution in [2.45, 2.75) is 38.4 Å². The van der Waals surface area contributed by atoms with Crippen LogP contribution in [0.15, 0.2) is 47.4 Å². The van der Waals surface area contributed by atoms with E-state index in [2.05, 4.69) is 0 Å². The molecule has 0 atom stereocenters. The van der Waals surface area contributed by atoms with Crippen LogP contribution >= 0.6 is 0 Å². The Balaban J connectivity index is 1.65. The first-order valence-electron chi connectivity index (χ1n) is 8.11. The van der Waals surface area contributed by atoms with Gasteiger partial charge in [0.25, 0.3) is 0 Å². The molecule has 0 bridgehead atoms. The molecule has 0 N–H and O–H groups in total. The van der Waals surface area contributed by atoms with Gasteiger partial charge in [0.05, 0.1) is 17.6 Å². The SMILES string of the molecule is Cc1cc(C)c(S(=O)(=O)N2CC(OCc3ccccc3)C2)c(C)c1. The molecule has 1 aliphatic rings. The summed E-state index contributed by atoms with van der Waals surface area (Å²) < 4.78 is 33.0. The van der Waals surface area contributed by atoms with Gasteiger partial charge in [-0.1, -0.05) is 48.0 Å². The Morgan fingerprint density at radius 1 is 1.04 bits per heavy atom. The molecule has 0 aromatic heterocycles. The number of hydrogen-bond donors (Lipinski definition) is 0. The lowest BCUT2D eigenvalue weighted by Gasteiger charge is -2.38. The van der Waals surface area contributed by atoms with Crippen molar-refractivity contribution in [1.82, 2.24) is 4.31 Å². The first kappa shape index (κ1) is 17.1. The predicted molar refractivity (Wildman–Crippen MR) is 94.4 cm³/mol. The van der Waals surface area contributed by atoms with E-state index >= 15 is 0 Å². The van der Waals surface area contributed by atoms with E-state index < -0.39 is 10.0 Å². The molecule has 3 rings (SSSR count). The maximum Gasteiger partial charge on any atom is 0.243 e. The minimum atomic E-state index is -3.44. The molecule has 0 amide bonds. The highest BCUT2D eigenvalue weighted by molar-refractivity contribution is 7.89. The Bertz CT molecular complexity index is 802. The van der Waals surface area contributed by atoms with Crippen molar-refractivity contribution in [2.75, 3.05) is 13.1 Å². The van der Waals surface area contributed by atoms with Gasteiger partial charge in [-0.3, -0.25) is 0 Å². The fraction of sp³-hybridized carbons (Fsp3) is 0.368. The lowest BCUT2D eigenvalue weighted by atomic mass is 10.1. The first-order valence-corrected chi connectivity index (χ1v) is 9.55. The van der Waals surface area contributed by atoms with Crippen molar-refractivity contribution >= 4 is 10.0 Å². The molecule has 24 heavy (non-hydrogen) atoms. The molecule has 2 aromatic carbocycles. The molecule has 0 spiro atoms. The van der Waals surface area contributed by atoms with Crippen LogP contribution in [0.5, 0.6) is 0 Å². The zero-order chi connectivity index (χ0) is 17.3. The van der Waals surface area contributed by atoms with Gasteiger partial charge >= 0.3 is 0 Å². The van der Waals surface area contributed by atoms with Crippen LogP contribution in [0.3, 0.4) is 0 Å². The predicted octanol–water partition coefficient (Wildman–Crippen LogP) is 3.20. The van der Waals surface area contributed by atoms with Crippen LogP contribution in [0.1, 0.15) is 22.3 Å². The average molecular weight is 345 g/mol. The van der Waals surface area contributed by atoms with Gasteiger partial charge in [-0.25, -0.2) is 8.42 Å². The topological polar surface area (TPSA) is 46.6 Å². The molecule has 0 saturated carbocycles. The van der Waals surface area contributed by atoms with Crippen molar-refractivity contribution in [2.24, 2.45) is 0 Å². The van der Waals surface area contributed by atoms with Gasteiger partial charge in [0.1, 0.15) is 0 Å². The van der Waals surface area contributed by atoms with Crippen LogP contribution in [0.2, 0.25) is 0 Å². The average Bonchev–Trinajstić information content (AvgIpc) is 2.44. The molecule has 2 aromatic rings. The van der Waals surface area contributed by atoms with Crippen molar-refractivity contribution in [3.05, 3.63) is 64.7 Å². The van der Waals surface area contributed by atoms with E-state index in [0.29, 0.717) is 24.6 Å². The number of benzene rings is 2. The summed E-state index contributed by atoms with van der Waals surface area (Å²) in [5.41, 5.74) is 3.79. The molecule has 0 radical (unpaired) electrons. The number of rotatable bonds is 5. The van der Waals surface area contributed by atoms with Gasteiger partial charge < -0.3 is 4.74 Å². The van der Waals surface area contributed by atoms with E-state index in [1.165, 1.54) is 4.31 Å². The van der Waals surface area contributed by atoms with Gasteiger partial charge in [0.2, 0.25) is 10.0 Å². The van der Waals surface area contributed by atoms with E-state index in [0.717, 1.165) is 22.3 Å². The van der Waals surface area contributed by atoms with Crippen molar-refractivity contribution < 1.29 is 13.2 Å². The van der Waals surface area contributed by atoms with Crippen LogP contribution in [-0.2, 0) is 21.4 Å². The van der Waals surface area contributed by atoms with Gasteiger partial charge in [-0.2, -0.15) is 4.31 Å². The molecule has 0 unspecified atom stereocenters. The molecule has 1 fully saturated rings. The van der Waals surface area contributed by atoms with Crippen molar-refractivity contribution in [3.8, 4) is 0 Å². The molecule has 0 aliphatic carbocycles. The van der Waals surface area contributed by atoms with Crippen LogP contribution in [-0.4, -0.2) is 31.9 Å². The quantitative estimate of drug-likeness (QED) is 0.836. The number of hydrogen-bond acceptors (Lipinski definition) is 3. The zero-order valence-electron chi connectivity index (χ0n) is 14.3. The molecule has 1 aliphatic heterocycles. The third-order valence-corrected chi connectivity index (χ3v) is 6.48. The third-order valence-electron chi connectivity index (χ3n) is 4.35. The van der Waals surface area contributed by atoms with E-state index in [1.54, 1.807) is 0 Å². The molecular weight excluding hydrogens is 322 g/mol. The molecular formula is C19H23NO3S. The zero-order valence-corrected chi connectivity index (χ0v) is 15.1. The Kier molecular flexibility index (Phi) is 4.76. The standard InChI is InChI=1S/C19H23NO3S/c1-14-9-15(2)19(16(3)10-14)24(21,22)20-11-18(12-20)23-13-17-7-5-4-6-8-17/h4-10,18H,11-13H2,1-3H3. The van der Waals surface area contributed by atoms with Crippen molar-refractivity contribution in [1.29, 1.82) is 0 Å². The highest BCUT2D eigenvalue weighted by Crippen LogP contribution is 2.29. The fourth-order valence-electron chi connectivity index (χ4n) is 3.19. The molecule has 1 saturated heterocycles. The second kappa shape index (κ2) is 6.67. The van der Waals surface area contributed by atoms with E-state index in [9.17, 15) is 8.42 Å². The molecule has 1 heterocycles. The number of ether oxygens (including phenoxy) is 1. The Hall–Kier alpha value is -1.69. The highest BCUT2D eigenvalue weighted by atomic mass is 32.2. The molecule has 5 heteroatoms. The second-order valence-corrected chi connectivity index (χ2v) is 8.34. The lowest BCUT2D eigenvalue weighted by molar-refractivity contribution is -0.0296. The summed E-state index contributed by atoms with van der Waals surface area (Å²) in [4.78, 5) is 0.439.